The first-order valence-corrected chi connectivity index (χ1v) is 10.7. The number of ether oxygens (including phenoxy) is 1. The summed E-state index contributed by atoms with van der Waals surface area (Å²) in [5.41, 5.74) is 1.91. The maximum Gasteiger partial charge on any atom is 0.181 e. The quantitative estimate of drug-likeness (QED) is 0.569. The van der Waals surface area contributed by atoms with Crippen molar-refractivity contribution in [3.05, 3.63) is 52.4 Å². The van der Waals surface area contributed by atoms with Crippen LogP contribution in [-0.4, -0.2) is 34.8 Å². The van der Waals surface area contributed by atoms with Crippen LogP contribution in [0, 0.1) is 17.6 Å². The van der Waals surface area contributed by atoms with Crippen molar-refractivity contribution in [1.82, 2.24) is 14.6 Å². The molecule has 1 aliphatic carbocycles. The fourth-order valence-corrected chi connectivity index (χ4v) is 4.75. The van der Waals surface area contributed by atoms with Crippen molar-refractivity contribution in [1.29, 1.82) is 0 Å². The highest BCUT2D eigenvalue weighted by Crippen LogP contribution is 2.40. The third-order valence-electron chi connectivity index (χ3n) is 6.29. The number of nitrogens with zero attached hydrogens (tertiary/aromatic N) is 4. The fourth-order valence-electron chi connectivity index (χ4n) is 4.44. The summed E-state index contributed by atoms with van der Waals surface area (Å²) in [6.07, 6.45) is 6.79. The van der Waals surface area contributed by atoms with Gasteiger partial charge in [-0.15, -0.1) is 10.2 Å². The van der Waals surface area contributed by atoms with E-state index in [-0.39, 0.29) is 5.92 Å². The molecule has 0 unspecified atom stereocenters. The molecule has 0 N–H and O–H groups in total. The molecule has 1 aromatic carbocycles. The number of aromatic nitrogens is 3. The Kier molecular flexibility index (Phi) is 5.01. The zero-order valence-corrected chi connectivity index (χ0v) is 17.5. The van der Waals surface area contributed by atoms with Gasteiger partial charge in [0.1, 0.15) is 16.6 Å². The van der Waals surface area contributed by atoms with Crippen LogP contribution < -0.4 is 9.64 Å². The Morgan fingerprint density at radius 3 is 2.57 bits per heavy atom. The van der Waals surface area contributed by atoms with Crippen LogP contribution in [0.2, 0.25) is 5.02 Å². The average Bonchev–Trinajstić information content (AvgIpc) is 3.49. The van der Waals surface area contributed by atoms with Gasteiger partial charge < -0.3 is 9.64 Å². The van der Waals surface area contributed by atoms with Crippen LogP contribution >= 0.6 is 11.6 Å². The third kappa shape index (κ3) is 3.39. The molecular weight excluding hydrogens is 409 g/mol. The van der Waals surface area contributed by atoms with Gasteiger partial charge in [-0.1, -0.05) is 11.6 Å². The topological polar surface area (TPSA) is 42.7 Å². The lowest BCUT2D eigenvalue weighted by atomic mass is 9.88. The molecule has 0 spiro atoms. The lowest BCUT2D eigenvalue weighted by Gasteiger charge is -2.34. The van der Waals surface area contributed by atoms with Crippen LogP contribution in [0.4, 0.5) is 14.5 Å². The van der Waals surface area contributed by atoms with E-state index >= 15 is 0 Å². The molecule has 3 heterocycles. The Balaban J connectivity index is 1.36. The molecule has 0 amide bonds. The van der Waals surface area contributed by atoms with Crippen molar-refractivity contribution in [3.63, 3.8) is 0 Å². The Bertz CT molecular complexity index is 1090. The molecule has 0 atom stereocenters. The number of methoxy groups -OCH3 is 1. The molecule has 2 aromatic heterocycles. The zero-order valence-electron chi connectivity index (χ0n) is 16.7. The Morgan fingerprint density at radius 2 is 1.87 bits per heavy atom. The van der Waals surface area contributed by atoms with E-state index in [1.54, 1.807) is 0 Å². The van der Waals surface area contributed by atoms with Crippen LogP contribution in [0.1, 0.15) is 43.0 Å². The van der Waals surface area contributed by atoms with Gasteiger partial charge in [0.25, 0.3) is 0 Å². The number of hydrogen-bond donors (Lipinski definition) is 0. The van der Waals surface area contributed by atoms with Gasteiger partial charge >= 0.3 is 0 Å². The number of rotatable bonds is 5. The molecule has 5 nitrogen and oxygen atoms in total. The summed E-state index contributed by atoms with van der Waals surface area (Å²) >= 11 is 6.69. The number of piperidine rings is 1. The second-order valence-electron chi connectivity index (χ2n) is 8.21. The number of hydrogen-bond acceptors (Lipinski definition) is 4. The van der Waals surface area contributed by atoms with Crippen molar-refractivity contribution in [2.24, 2.45) is 5.92 Å². The average molecular weight is 432 g/mol. The van der Waals surface area contributed by atoms with E-state index in [0.717, 1.165) is 29.9 Å². The predicted molar refractivity (Wildman–Crippen MR) is 112 cm³/mol. The summed E-state index contributed by atoms with van der Waals surface area (Å²) in [7, 11) is 1.48. The molecule has 1 saturated carbocycles. The molecule has 158 valence electrons. The molecule has 5 rings (SSSR count). The van der Waals surface area contributed by atoms with Crippen molar-refractivity contribution in [2.45, 2.75) is 38.0 Å². The van der Waals surface area contributed by atoms with Gasteiger partial charge in [0, 0.05) is 31.3 Å². The number of anilines is 1. The molecule has 2 aliphatic rings. The first-order valence-electron chi connectivity index (χ1n) is 10.4. The van der Waals surface area contributed by atoms with Gasteiger partial charge in [0.15, 0.2) is 17.3 Å². The van der Waals surface area contributed by atoms with Gasteiger partial charge in [-0.2, -0.15) is 0 Å². The summed E-state index contributed by atoms with van der Waals surface area (Å²) in [6.45, 7) is 1.37. The summed E-state index contributed by atoms with van der Waals surface area (Å²) in [5, 5.41) is 9.22. The van der Waals surface area contributed by atoms with Crippen LogP contribution in [0.5, 0.6) is 5.75 Å². The number of halogens is 3. The predicted octanol–water partition coefficient (Wildman–Crippen LogP) is 5.01. The van der Waals surface area contributed by atoms with E-state index in [1.807, 2.05) is 16.7 Å². The number of pyridine rings is 1. The van der Waals surface area contributed by atoms with Gasteiger partial charge in [-0.3, -0.25) is 4.40 Å². The number of fused-ring (bicyclic) bond motifs is 1. The second-order valence-corrected chi connectivity index (χ2v) is 8.59. The highest BCUT2D eigenvalue weighted by Gasteiger charge is 2.29. The Labute approximate surface area is 178 Å². The van der Waals surface area contributed by atoms with E-state index in [4.69, 9.17) is 16.3 Å². The summed E-state index contributed by atoms with van der Waals surface area (Å²) < 4.78 is 35.6. The Morgan fingerprint density at radius 1 is 1.10 bits per heavy atom. The smallest absolute Gasteiger partial charge is 0.181 e. The maximum absolute atomic E-state index is 14.5. The van der Waals surface area contributed by atoms with Gasteiger partial charge in [-0.05, 0) is 55.7 Å². The molecule has 2 fully saturated rings. The van der Waals surface area contributed by atoms with Crippen molar-refractivity contribution in [2.75, 3.05) is 25.1 Å². The molecule has 0 bridgehead atoms. The number of benzene rings is 1. The van der Waals surface area contributed by atoms with Gasteiger partial charge in [0.05, 0.1) is 12.8 Å². The maximum atomic E-state index is 14.5. The minimum Gasteiger partial charge on any atom is -0.496 e. The normalized spacial score (nSPS) is 17.7. The van der Waals surface area contributed by atoms with Crippen molar-refractivity contribution in [3.8, 4) is 5.75 Å². The molecular formula is C22H23ClF2N4O. The van der Waals surface area contributed by atoms with Crippen LogP contribution in [0.15, 0.2) is 24.4 Å². The lowest BCUT2D eigenvalue weighted by molar-refractivity contribution is 0.380. The fraction of sp³-hybridized carbons (Fsp3) is 0.455. The summed E-state index contributed by atoms with van der Waals surface area (Å²) in [6, 6.07) is 4.60. The summed E-state index contributed by atoms with van der Waals surface area (Å²) in [4.78, 5) is 2.18. The first kappa shape index (κ1) is 19.5. The zero-order chi connectivity index (χ0) is 20.8. The molecule has 0 radical (unpaired) electrons. The first-order chi connectivity index (χ1) is 14.6. The molecule has 3 aromatic rings. The molecule has 1 saturated heterocycles. The Hall–Kier alpha value is -2.41. The minimum absolute atomic E-state index is 0.104. The molecule has 30 heavy (non-hydrogen) atoms. The third-order valence-corrected chi connectivity index (χ3v) is 6.66. The van der Waals surface area contributed by atoms with Crippen molar-refractivity contribution < 1.29 is 13.5 Å². The lowest BCUT2D eigenvalue weighted by Crippen LogP contribution is -2.33. The van der Waals surface area contributed by atoms with E-state index in [1.165, 1.54) is 26.0 Å². The largest absolute Gasteiger partial charge is 0.496 e. The minimum atomic E-state index is -0.837. The van der Waals surface area contributed by atoms with Gasteiger partial charge in [-0.25, -0.2) is 8.78 Å². The van der Waals surface area contributed by atoms with Crippen LogP contribution in [0.3, 0.4) is 0 Å². The molecule has 1 aliphatic heterocycles. The van der Waals surface area contributed by atoms with E-state index in [0.29, 0.717) is 47.9 Å². The van der Waals surface area contributed by atoms with Crippen LogP contribution in [-0.2, 0) is 6.42 Å². The van der Waals surface area contributed by atoms with Crippen LogP contribution in [0.25, 0.3) is 5.65 Å². The highest BCUT2D eigenvalue weighted by molar-refractivity contribution is 6.36. The van der Waals surface area contributed by atoms with Gasteiger partial charge in [0.2, 0.25) is 0 Å². The van der Waals surface area contributed by atoms with E-state index < -0.39 is 11.6 Å². The van der Waals surface area contributed by atoms with E-state index in [9.17, 15) is 8.78 Å². The summed E-state index contributed by atoms with van der Waals surface area (Å²) in [5.74, 6) is 0.323. The SMILES string of the molecule is [11CH3]Oc1ccc(F)c(F)c1C1CCN(c2ccn3c(CC4CC4)nnc3c2Cl)CC1. The van der Waals surface area contributed by atoms with Crippen molar-refractivity contribution >= 4 is 22.9 Å². The molecule has 8 heteroatoms. The monoisotopic (exact) mass is 431 g/mol. The standard InChI is InChI=1S/C22H23ClF2N4O/c1-30-17-5-4-15(24)21(25)19(17)14-6-9-28(10-7-14)16-8-11-29-18(12-13-2-3-13)26-27-22(29)20(16)23/h4-5,8,11,13-14H,2-3,6-7,9-10,12H2,1H3/i1-1. The van der Waals surface area contributed by atoms with E-state index in [2.05, 4.69) is 15.1 Å². The second kappa shape index (κ2) is 7.69. The highest BCUT2D eigenvalue weighted by atomic mass is 35.5.